The third-order valence-corrected chi connectivity index (χ3v) is 6.55. The Morgan fingerprint density at radius 1 is 1.00 bits per heavy atom. The van der Waals surface area contributed by atoms with Crippen LogP contribution in [0.1, 0.15) is 22.3 Å². The van der Waals surface area contributed by atoms with Gasteiger partial charge < -0.3 is 15.4 Å². The van der Waals surface area contributed by atoms with E-state index in [1.807, 2.05) is 18.2 Å². The van der Waals surface area contributed by atoms with Crippen molar-refractivity contribution in [1.29, 1.82) is 0 Å². The summed E-state index contributed by atoms with van der Waals surface area (Å²) < 4.78 is 5.71. The van der Waals surface area contributed by atoms with E-state index in [0.29, 0.717) is 16.5 Å². The van der Waals surface area contributed by atoms with Crippen molar-refractivity contribution in [2.45, 2.75) is 19.4 Å². The van der Waals surface area contributed by atoms with Crippen molar-refractivity contribution in [2.75, 3.05) is 19.0 Å². The van der Waals surface area contributed by atoms with Crippen LogP contribution >= 0.6 is 23.2 Å². The summed E-state index contributed by atoms with van der Waals surface area (Å²) in [6.45, 7) is 1.84. The number of anilines is 2. The van der Waals surface area contributed by atoms with Crippen LogP contribution in [0.15, 0.2) is 54.9 Å². The molecule has 0 atom stereocenters. The summed E-state index contributed by atoms with van der Waals surface area (Å²) in [7, 11) is 1.70. The predicted molar refractivity (Wildman–Crippen MR) is 130 cm³/mol. The zero-order valence-electron chi connectivity index (χ0n) is 17.6. The summed E-state index contributed by atoms with van der Waals surface area (Å²) in [6, 6.07) is 14.1. The van der Waals surface area contributed by atoms with Gasteiger partial charge >= 0.3 is 0 Å². The first kappa shape index (κ1) is 21.0. The average molecular weight is 465 g/mol. The highest BCUT2D eigenvalue weighted by Gasteiger charge is 2.16. The highest BCUT2D eigenvalue weighted by Crippen LogP contribution is 2.36. The van der Waals surface area contributed by atoms with Gasteiger partial charge in [-0.05, 0) is 71.6 Å². The zero-order chi connectivity index (χ0) is 22.1. The van der Waals surface area contributed by atoms with Gasteiger partial charge in [-0.15, -0.1) is 0 Å². The van der Waals surface area contributed by atoms with Crippen LogP contribution in [-0.4, -0.2) is 23.9 Å². The van der Waals surface area contributed by atoms with Crippen molar-refractivity contribution in [1.82, 2.24) is 15.5 Å². The maximum atomic E-state index is 6.43. The number of nitrogens with one attached hydrogen (secondary N) is 2. The Hall–Kier alpha value is -2.86. The number of aromatic nitrogens is 2. The smallest absolute Gasteiger partial charge is 0.142 e. The normalized spacial score (nSPS) is 13.1. The molecule has 2 heterocycles. The number of nitrogens with zero attached hydrogens (tertiary/aromatic N) is 2. The molecule has 1 aliphatic rings. The lowest BCUT2D eigenvalue weighted by Crippen LogP contribution is -2.23. The van der Waals surface area contributed by atoms with E-state index in [2.05, 4.69) is 45.1 Å². The standard InChI is InChI=1S/C25H22Cl2N4O/c1-32-25-11-16-5-6-28-12-17(16)10-24(25)31-23-9-15(7-18-13-29-30-14-20(18)23)8-19-21(26)3-2-4-22(19)27/h2-4,7,9-11,13-14,28,31H,5-6,8,12H2,1H3. The summed E-state index contributed by atoms with van der Waals surface area (Å²) in [5.74, 6) is 0.820. The minimum absolute atomic E-state index is 0.608. The van der Waals surface area contributed by atoms with Crippen LogP contribution in [0, 0.1) is 0 Å². The minimum atomic E-state index is 0.608. The van der Waals surface area contributed by atoms with Crippen molar-refractivity contribution < 1.29 is 4.74 Å². The van der Waals surface area contributed by atoms with Crippen LogP contribution in [0.3, 0.4) is 0 Å². The fraction of sp³-hybridized carbons (Fsp3) is 0.200. The fourth-order valence-corrected chi connectivity index (χ4v) is 4.74. The molecule has 0 saturated heterocycles. The first-order valence-corrected chi connectivity index (χ1v) is 11.2. The largest absolute Gasteiger partial charge is 0.495 e. The van der Waals surface area contributed by atoms with Crippen molar-refractivity contribution in [3.05, 3.63) is 87.2 Å². The molecule has 2 N–H and O–H groups in total. The topological polar surface area (TPSA) is 59.1 Å². The Kier molecular flexibility index (Phi) is 5.87. The SMILES string of the molecule is COc1cc2c(cc1Nc1cc(Cc3c(Cl)cccc3Cl)cc3cnncc13)CNCC2. The quantitative estimate of drug-likeness (QED) is 0.383. The highest BCUT2D eigenvalue weighted by atomic mass is 35.5. The molecule has 0 unspecified atom stereocenters. The first-order valence-electron chi connectivity index (χ1n) is 10.5. The second kappa shape index (κ2) is 8.94. The third kappa shape index (κ3) is 4.11. The lowest BCUT2D eigenvalue weighted by Gasteiger charge is -2.21. The molecule has 4 aromatic rings. The van der Waals surface area contributed by atoms with Gasteiger partial charge in [0.1, 0.15) is 5.75 Å². The van der Waals surface area contributed by atoms with Crippen LogP contribution in [-0.2, 0) is 19.4 Å². The molecule has 1 aromatic heterocycles. The molecule has 0 fully saturated rings. The summed E-state index contributed by atoms with van der Waals surface area (Å²) in [4.78, 5) is 0. The van der Waals surface area contributed by atoms with Gasteiger partial charge in [-0.25, -0.2) is 0 Å². The van der Waals surface area contributed by atoms with E-state index in [0.717, 1.165) is 58.5 Å². The van der Waals surface area contributed by atoms with E-state index in [-0.39, 0.29) is 0 Å². The number of rotatable bonds is 5. The monoisotopic (exact) mass is 464 g/mol. The predicted octanol–water partition coefficient (Wildman–Crippen LogP) is 5.93. The molecule has 5 nitrogen and oxygen atoms in total. The van der Waals surface area contributed by atoms with Crippen LogP contribution < -0.4 is 15.4 Å². The summed E-state index contributed by atoms with van der Waals surface area (Å²) in [6.07, 6.45) is 5.15. The number of hydrogen-bond acceptors (Lipinski definition) is 5. The average Bonchev–Trinajstić information content (AvgIpc) is 2.81. The molecule has 0 aliphatic carbocycles. The molecule has 3 aromatic carbocycles. The van der Waals surface area contributed by atoms with Gasteiger partial charge in [0.15, 0.2) is 0 Å². The van der Waals surface area contributed by atoms with Crippen LogP contribution in [0.5, 0.6) is 5.75 Å². The van der Waals surface area contributed by atoms with E-state index >= 15 is 0 Å². The van der Waals surface area contributed by atoms with Gasteiger partial charge in [-0.2, -0.15) is 10.2 Å². The van der Waals surface area contributed by atoms with Gasteiger partial charge in [0.2, 0.25) is 0 Å². The van der Waals surface area contributed by atoms with Gasteiger partial charge in [-0.1, -0.05) is 29.3 Å². The molecule has 0 bridgehead atoms. The van der Waals surface area contributed by atoms with E-state index in [1.54, 1.807) is 19.5 Å². The van der Waals surface area contributed by atoms with Gasteiger partial charge in [0.05, 0.1) is 25.2 Å². The molecule has 32 heavy (non-hydrogen) atoms. The Bertz CT molecular complexity index is 1290. The highest BCUT2D eigenvalue weighted by molar-refractivity contribution is 6.36. The number of benzene rings is 3. The lowest BCUT2D eigenvalue weighted by molar-refractivity contribution is 0.415. The molecular formula is C25H22Cl2N4O. The Morgan fingerprint density at radius 2 is 1.81 bits per heavy atom. The Balaban J connectivity index is 1.58. The number of hydrogen-bond donors (Lipinski definition) is 2. The first-order chi connectivity index (χ1) is 15.6. The Labute approximate surface area is 196 Å². The second-order valence-corrected chi connectivity index (χ2v) is 8.70. The molecule has 0 saturated carbocycles. The van der Waals surface area contributed by atoms with Crippen molar-refractivity contribution in [3.8, 4) is 5.75 Å². The summed E-state index contributed by atoms with van der Waals surface area (Å²) >= 11 is 12.9. The molecule has 162 valence electrons. The summed E-state index contributed by atoms with van der Waals surface area (Å²) in [5.41, 5.74) is 6.42. The molecule has 5 rings (SSSR count). The van der Waals surface area contributed by atoms with E-state index < -0.39 is 0 Å². The molecular weight excluding hydrogens is 443 g/mol. The minimum Gasteiger partial charge on any atom is -0.495 e. The van der Waals surface area contributed by atoms with Crippen LogP contribution in [0.4, 0.5) is 11.4 Å². The maximum absolute atomic E-state index is 6.43. The van der Waals surface area contributed by atoms with Gasteiger partial charge in [0.25, 0.3) is 0 Å². The number of ether oxygens (including phenoxy) is 1. The van der Waals surface area contributed by atoms with Crippen molar-refractivity contribution >= 4 is 45.3 Å². The number of fused-ring (bicyclic) bond motifs is 2. The van der Waals surface area contributed by atoms with Crippen molar-refractivity contribution in [3.63, 3.8) is 0 Å². The molecule has 0 radical (unpaired) electrons. The number of halogens is 2. The van der Waals surface area contributed by atoms with Crippen LogP contribution in [0.2, 0.25) is 10.0 Å². The lowest BCUT2D eigenvalue weighted by atomic mass is 9.98. The van der Waals surface area contributed by atoms with Gasteiger partial charge in [0, 0.05) is 39.5 Å². The summed E-state index contributed by atoms with van der Waals surface area (Å²) in [5, 5.41) is 18.5. The van der Waals surface area contributed by atoms with Crippen LogP contribution in [0.25, 0.3) is 10.8 Å². The molecule has 7 heteroatoms. The zero-order valence-corrected chi connectivity index (χ0v) is 19.1. The molecule has 1 aliphatic heterocycles. The molecule has 0 amide bonds. The van der Waals surface area contributed by atoms with Crippen molar-refractivity contribution in [2.24, 2.45) is 0 Å². The maximum Gasteiger partial charge on any atom is 0.142 e. The fourth-order valence-electron chi connectivity index (χ4n) is 4.21. The van der Waals surface area contributed by atoms with E-state index in [1.165, 1.54) is 11.1 Å². The number of methoxy groups -OCH3 is 1. The van der Waals surface area contributed by atoms with Gasteiger partial charge in [-0.3, -0.25) is 0 Å². The second-order valence-electron chi connectivity index (χ2n) is 7.89. The third-order valence-electron chi connectivity index (χ3n) is 5.84. The Morgan fingerprint density at radius 3 is 2.62 bits per heavy atom. The van der Waals surface area contributed by atoms with E-state index in [9.17, 15) is 0 Å². The molecule has 0 spiro atoms. The van der Waals surface area contributed by atoms with E-state index in [4.69, 9.17) is 27.9 Å².